The Bertz CT molecular complexity index is 244. The SMILES string of the molecule is C/C=C/c1ccc(/C=C/C)cc1.CC.CC. The van der Waals surface area contributed by atoms with Gasteiger partial charge in [0.1, 0.15) is 0 Å². The van der Waals surface area contributed by atoms with E-state index in [1.54, 1.807) is 0 Å². The van der Waals surface area contributed by atoms with Gasteiger partial charge in [-0.15, -0.1) is 0 Å². The van der Waals surface area contributed by atoms with Crippen LogP contribution in [0.1, 0.15) is 52.7 Å². The molecule has 16 heavy (non-hydrogen) atoms. The summed E-state index contributed by atoms with van der Waals surface area (Å²) in [6.07, 6.45) is 8.29. The summed E-state index contributed by atoms with van der Waals surface area (Å²) in [5, 5.41) is 0. The molecule has 0 saturated heterocycles. The molecule has 0 N–H and O–H groups in total. The average Bonchev–Trinajstić information content (AvgIpc) is 2.37. The second kappa shape index (κ2) is 13.7. The molecule has 0 aliphatic rings. The third-order valence-corrected chi connectivity index (χ3v) is 1.65. The minimum atomic E-state index is 1.26. The van der Waals surface area contributed by atoms with Crippen LogP contribution in [0.3, 0.4) is 0 Å². The molecule has 1 aromatic rings. The van der Waals surface area contributed by atoms with Crippen molar-refractivity contribution in [3.8, 4) is 0 Å². The first-order valence-electron chi connectivity index (χ1n) is 6.22. The number of benzene rings is 1. The molecule has 0 fully saturated rings. The van der Waals surface area contributed by atoms with E-state index in [1.807, 2.05) is 53.7 Å². The third-order valence-electron chi connectivity index (χ3n) is 1.65. The molecule has 0 heteroatoms. The average molecular weight is 218 g/mol. The van der Waals surface area contributed by atoms with Gasteiger partial charge in [0.25, 0.3) is 0 Å². The van der Waals surface area contributed by atoms with Crippen LogP contribution in [0.2, 0.25) is 0 Å². The van der Waals surface area contributed by atoms with Crippen LogP contribution >= 0.6 is 0 Å². The number of rotatable bonds is 2. The van der Waals surface area contributed by atoms with E-state index >= 15 is 0 Å². The maximum absolute atomic E-state index is 2.12. The zero-order valence-electron chi connectivity index (χ0n) is 11.6. The predicted molar refractivity (Wildman–Crippen MR) is 78.6 cm³/mol. The van der Waals surface area contributed by atoms with Crippen LogP contribution < -0.4 is 0 Å². The highest BCUT2D eigenvalue weighted by atomic mass is 13.9. The van der Waals surface area contributed by atoms with Crippen molar-refractivity contribution in [2.45, 2.75) is 41.5 Å². The first-order chi connectivity index (χ1) is 7.86. The maximum Gasteiger partial charge on any atom is -0.0260 e. The van der Waals surface area contributed by atoms with Crippen LogP contribution in [-0.4, -0.2) is 0 Å². The van der Waals surface area contributed by atoms with Crippen molar-refractivity contribution in [1.29, 1.82) is 0 Å². The summed E-state index contributed by atoms with van der Waals surface area (Å²) >= 11 is 0. The maximum atomic E-state index is 2.12. The van der Waals surface area contributed by atoms with Gasteiger partial charge in [-0.1, -0.05) is 76.3 Å². The number of hydrogen-bond donors (Lipinski definition) is 0. The molecule has 0 bridgehead atoms. The summed E-state index contributed by atoms with van der Waals surface area (Å²) in [7, 11) is 0. The second-order valence-corrected chi connectivity index (χ2v) is 2.67. The Hall–Kier alpha value is -1.30. The van der Waals surface area contributed by atoms with E-state index in [2.05, 4.69) is 36.4 Å². The fraction of sp³-hybridized carbons (Fsp3) is 0.375. The molecule has 0 nitrogen and oxygen atoms in total. The Labute approximate surface area is 102 Å². The summed E-state index contributed by atoms with van der Waals surface area (Å²) in [6, 6.07) is 8.48. The molecular weight excluding hydrogens is 192 g/mol. The predicted octanol–water partition coefficient (Wildman–Crippen LogP) is 5.81. The molecule has 1 aromatic carbocycles. The Morgan fingerprint density at radius 1 is 0.625 bits per heavy atom. The van der Waals surface area contributed by atoms with Crippen molar-refractivity contribution in [1.82, 2.24) is 0 Å². The Morgan fingerprint density at radius 2 is 0.875 bits per heavy atom. The normalized spacial score (nSPS) is 9.38. The van der Waals surface area contributed by atoms with Crippen LogP contribution in [0.25, 0.3) is 12.2 Å². The van der Waals surface area contributed by atoms with Crippen LogP contribution in [0.4, 0.5) is 0 Å². The van der Waals surface area contributed by atoms with Crippen LogP contribution in [0.15, 0.2) is 36.4 Å². The molecule has 0 aliphatic heterocycles. The fourth-order valence-corrected chi connectivity index (χ4v) is 1.10. The molecule has 0 heterocycles. The van der Waals surface area contributed by atoms with Gasteiger partial charge in [-0.25, -0.2) is 0 Å². The second-order valence-electron chi connectivity index (χ2n) is 2.67. The van der Waals surface area contributed by atoms with Crippen molar-refractivity contribution in [3.05, 3.63) is 47.5 Å². The summed E-state index contributed by atoms with van der Waals surface area (Å²) in [6.45, 7) is 12.1. The fourth-order valence-electron chi connectivity index (χ4n) is 1.10. The molecule has 0 radical (unpaired) electrons. The zero-order chi connectivity index (χ0) is 12.8. The standard InChI is InChI=1S/C12H14.2C2H6/c1-3-5-11-7-9-12(6-4-2)10-8-11;2*1-2/h3-10H,1-2H3;2*1-2H3/b5-3+,6-4+;;. The zero-order valence-corrected chi connectivity index (χ0v) is 11.6. The molecule has 0 aromatic heterocycles. The topological polar surface area (TPSA) is 0 Å². The van der Waals surface area contributed by atoms with Gasteiger partial charge in [0.15, 0.2) is 0 Å². The summed E-state index contributed by atoms with van der Waals surface area (Å²) in [5.41, 5.74) is 2.51. The lowest BCUT2D eigenvalue weighted by Gasteiger charge is -1.94. The van der Waals surface area contributed by atoms with Gasteiger partial charge in [0.2, 0.25) is 0 Å². The van der Waals surface area contributed by atoms with Crippen molar-refractivity contribution in [2.24, 2.45) is 0 Å². The highest BCUT2D eigenvalue weighted by Gasteiger charge is 1.85. The van der Waals surface area contributed by atoms with Crippen LogP contribution in [0.5, 0.6) is 0 Å². The van der Waals surface area contributed by atoms with Gasteiger partial charge in [-0.3, -0.25) is 0 Å². The summed E-state index contributed by atoms with van der Waals surface area (Å²) in [4.78, 5) is 0. The van der Waals surface area contributed by atoms with Gasteiger partial charge >= 0.3 is 0 Å². The lowest BCUT2D eigenvalue weighted by Crippen LogP contribution is -1.73. The minimum absolute atomic E-state index is 1.26. The van der Waals surface area contributed by atoms with Crippen molar-refractivity contribution < 1.29 is 0 Å². The van der Waals surface area contributed by atoms with E-state index in [9.17, 15) is 0 Å². The Morgan fingerprint density at radius 3 is 1.06 bits per heavy atom. The van der Waals surface area contributed by atoms with E-state index in [0.29, 0.717) is 0 Å². The van der Waals surface area contributed by atoms with E-state index in [1.165, 1.54) is 11.1 Å². The highest BCUT2D eigenvalue weighted by Crippen LogP contribution is 2.07. The van der Waals surface area contributed by atoms with Gasteiger partial charge < -0.3 is 0 Å². The molecule has 0 amide bonds. The molecular formula is C16H26. The molecule has 0 atom stereocenters. The quantitative estimate of drug-likeness (QED) is 0.588. The smallest absolute Gasteiger partial charge is 0.0260 e. The first kappa shape index (κ1) is 17.1. The monoisotopic (exact) mass is 218 g/mol. The molecule has 0 unspecified atom stereocenters. The van der Waals surface area contributed by atoms with Gasteiger partial charge in [0, 0.05) is 0 Å². The van der Waals surface area contributed by atoms with E-state index < -0.39 is 0 Å². The summed E-state index contributed by atoms with van der Waals surface area (Å²) in [5.74, 6) is 0. The lowest BCUT2D eigenvalue weighted by atomic mass is 10.1. The van der Waals surface area contributed by atoms with Crippen LogP contribution in [-0.2, 0) is 0 Å². The van der Waals surface area contributed by atoms with Gasteiger partial charge in [-0.2, -0.15) is 0 Å². The number of allylic oxidation sites excluding steroid dienone is 2. The van der Waals surface area contributed by atoms with Crippen molar-refractivity contribution >= 4 is 12.2 Å². The largest absolute Gasteiger partial charge is 0.0871 e. The molecule has 1 rings (SSSR count). The Balaban J connectivity index is 0. The third kappa shape index (κ3) is 8.05. The van der Waals surface area contributed by atoms with E-state index in [-0.39, 0.29) is 0 Å². The lowest BCUT2D eigenvalue weighted by molar-refractivity contribution is 1.50. The summed E-state index contributed by atoms with van der Waals surface area (Å²) < 4.78 is 0. The van der Waals surface area contributed by atoms with Gasteiger partial charge in [0.05, 0.1) is 0 Å². The molecule has 90 valence electrons. The minimum Gasteiger partial charge on any atom is -0.0871 e. The van der Waals surface area contributed by atoms with Crippen molar-refractivity contribution in [3.63, 3.8) is 0 Å². The van der Waals surface area contributed by atoms with Crippen LogP contribution in [0, 0.1) is 0 Å². The molecule has 0 saturated carbocycles. The molecule has 0 aliphatic carbocycles. The highest BCUT2D eigenvalue weighted by molar-refractivity contribution is 5.55. The number of hydrogen-bond acceptors (Lipinski definition) is 0. The van der Waals surface area contributed by atoms with Gasteiger partial charge in [-0.05, 0) is 25.0 Å². The van der Waals surface area contributed by atoms with E-state index in [0.717, 1.165) is 0 Å². The van der Waals surface area contributed by atoms with Crippen molar-refractivity contribution in [2.75, 3.05) is 0 Å². The first-order valence-corrected chi connectivity index (χ1v) is 6.22. The Kier molecular flexibility index (Phi) is 14.6. The van der Waals surface area contributed by atoms with E-state index in [4.69, 9.17) is 0 Å². The molecule has 0 spiro atoms.